The zero-order valence-electron chi connectivity index (χ0n) is 6.70. The van der Waals surface area contributed by atoms with Crippen LogP contribution in [0.15, 0.2) is 18.3 Å². The molecule has 0 spiro atoms. The predicted molar refractivity (Wildman–Crippen MR) is 44.1 cm³/mol. The Hall–Kier alpha value is -0.960. The molecule has 1 aliphatic carbocycles. The van der Waals surface area contributed by atoms with E-state index in [-0.39, 0.29) is 5.82 Å². The van der Waals surface area contributed by atoms with E-state index >= 15 is 0 Å². The number of nitrogens with two attached hydrogens (primary N) is 1. The summed E-state index contributed by atoms with van der Waals surface area (Å²) in [5.74, 6) is 0.729. The van der Waals surface area contributed by atoms with Crippen molar-refractivity contribution >= 4 is 0 Å². The van der Waals surface area contributed by atoms with Crippen LogP contribution in [0, 0.1) is 11.7 Å². The molecule has 3 heteroatoms. The van der Waals surface area contributed by atoms with E-state index in [0.29, 0.717) is 18.4 Å². The van der Waals surface area contributed by atoms with Gasteiger partial charge in [-0.3, -0.25) is 4.98 Å². The molecule has 0 radical (unpaired) electrons. The Kier molecular flexibility index (Phi) is 1.81. The van der Waals surface area contributed by atoms with Gasteiger partial charge in [0.25, 0.3) is 0 Å². The van der Waals surface area contributed by atoms with Gasteiger partial charge in [0.2, 0.25) is 0 Å². The van der Waals surface area contributed by atoms with Gasteiger partial charge in [-0.1, -0.05) is 0 Å². The molecule has 1 heterocycles. The van der Waals surface area contributed by atoms with Gasteiger partial charge in [-0.25, -0.2) is 4.39 Å². The summed E-state index contributed by atoms with van der Waals surface area (Å²) in [6.07, 6.45) is 2.57. The fraction of sp³-hybridized carbons (Fsp3) is 0.444. The maximum absolute atomic E-state index is 12.7. The van der Waals surface area contributed by atoms with Gasteiger partial charge in [0, 0.05) is 17.8 Å². The van der Waals surface area contributed by atoms with Crippen LogP contribution in [-0.2, 0) is 0 Å². The van der Waals surface area contributed by atoms with Gasteiger partial charge in [0.05, 0.1) is 0 Å². The number of aromatic nitrogens is 1. The van der Waals surface area contributed by atoms with E-state index in [1.165, 1.54) is 18.3 Å². The third-order valence-corrected chi connectivity index (χ3v) is 2.35. The van der Waals surface area contributed by atoms with E-state index in [9.17, 15) is 4.39 Å². The van der Waals surface area contributed by atoms with Crippen molar-refractivity contribution in [1.82, 2.24) is 4.98 Å². The predicted octanol–water partition coefficient (Wildman–Crippen LogP) is 1.28. The lowest BCUT2D eigenvalue weighted by Crippen LogP contribution is -2.02. The normalized spacial score (nSPS) is 27.2. The molecule has 0 amide bonds. The lowest BCUT2D eigenvalue weighted by molar-refractivity contribution is 0.620. The highest BCUT2D eigenvalue weighted by atomic mass is 19.1. The summed E-state index contributed by atoms with van der Waals surface area (Å²) in [5.41, 5.74) is 6.33. The topological polar surface area (TPSA) is 38.9 Å². The van der Waals surface area contributed by atoms with Crippen molar-refractivity contribution in [2.24, 2.45) is 11.7 Å². The molecule has 1 fully saturated rings. The van der Waals surface area contributed by atoms with Gasteiger partial charge in [0.15, 0.2) is 0 Å². The van der Waals surface area contributed by atoms with Gasteiger partial charge >= 0.3 is 0 Å². The number of pyridine rings is 1. The first-order valence-electron chi connectivity index (χ1n) is 4.13. The van der Waals surface area contributed by atoms with Crippen molar-refractivity contribution in [3.8, 4) is 0 Å². The Balaban J connectivity index is 2.14. The van der Waals surface area contributed by atoms with Crippen molar-refractivity contribution < 1.29 is 4.39 Å². The Morgan fingerprint density at radius 2 is 2.50 bits per heavy atom. The first-order chi connectivity index (χ1) is 5.81. The lowest BCUT2D eigenvalue weighted by Gasteiger charge is -1.96. The van der Waals surface area contributed by atoms with Crippen molar-refractivity contribution in [1.29, 1.82) is 0 Å². The third-order valence-electron chi connectivity index (χ3n) is 2.35. The minimum atomic E-state index is -0.206. The molecule has 1 saturated carbocycles. The quantitative estimate of drug-likeness (QED) is 0.718. The number of hydrogen-bond donors (Lipinski definition) is 1. The van der Waals surface area contributed by atoms with E-state index in [0.717, 1.165) is 12.1 Å². The van der Waals surface area contributed by atoms with E-state index in [2.05, 4.69) is 4.98 Å². The summed E-state index contributed by atoms with van der Waals surface area (Å²) in [7, 11) is 0. The van der Waals surface area contributed by atoms with Crippen LogP contribution in [0.5, 0.6) is 0 Å². The van der Waals surface area contributed by atoms with Gasteiger partial charge in [-0.05, 0) is 31.0 Å². The highest BCUT2D eigenvalue weighted by Gasteiger charge is 2.38. The Labute approximate surface area is 70.6 Å². The average Bonchev–Trinajstić information content (AvgIpc) is 2.83. The Morgan fingerprint density at radius 3 is 3.08 bits per heavy atom. The smallest absolute Gasteiger partial charge is 0.126 e. The highest BCUT2D eigenvalue weighted by molar-refractivity contribution is 5.18. The fourth-order valence-corrected chi connectivity index (χ4v) is 1.49. The van der Waals surface area contributed by atoms with Crippen molar-refractivity contribution in [2.75, 3.05) is 6.54 Å². The van der Waals surface area contributed by atoms with Gasteiger partial charge < -0.3 is 5.73 Å². The summed E-state index contributed by atoms with van der Waals surface area (Å²) < 4.78 is 12.7. The molecule has 1 aliphatic rings. The molecule has 1 aromatic rings. The average molecular weight is 166 g/mol. The number of rotatable bonds is 2. The monoisotopic (exact) mass is 166 g/mol. The molecular weight excluding hydrogens is 155 g/mol. The maximum Gasteiger partial charge on any atom is 0.126 e. The van der Waals surface area contributed by atoms with Gasteiger partial charge in [0.1, 0.15) is 5.82 Å². The van der Waals surface area contributed by atoms with Crippen LogP contribution < -0.4 is 5.73 Å². The van der Waals surface area contributed by atoms with Crippen molar-refractivity contribution in [3.63, 3.8) is 0 Å². The van der Waals surface area contributed by atoms with Crippen LogP contribution in [0.2, 0.25) is 0 Å². The molecule has 0 aliphatic heterocycles. The summed E-state index contributed by atoms with van der Waals surface area (Å²) in [6, 6.07) is 2.86. The van der Waals surface area contributed by atoms with E-state index < -0.39 is 0 Å². The number of hydrogen-bond acceptors (Lipinski definition) is 2. The first-order valence-corrected chi connectivity index (χ1v) is 4.13. The van der Waals surface area contributed by atoms with Crippen LogP contribution in [0.4, 0.5) is 4.39 Å². The molecule has 1 aromatic heterocycles. The van der Waals surface area contributed by atoms with Crippen LogP contribution in [0.25, 0.3) is 0 Å². The molecule has 2 N–H and O–H groups in total. The minimum Gasteiger partial charge on any atom is -0.330 e. The number of nitrogens with zero attached hydrogens (tertiary/aromatic N) is 1. The molecule has 0 unspecified atom stereocenters. The molecule has 12 heavy (non-hydrogen) atoms. The zero-order chi connectivity index (χ0) is 8.55. The molecule has 2 nitrogen and oxygen atoms in total. The molecule has 2 rings (SSSR count). The third kappa shape index (κ3) is 1.32. The first kappa shape index (κ1) is 7.68. The largest absolute Gasteiger partial charge is 0.330 e. The van der Waals surface area contributed by atoms with E-state index in [4.69, 9.17) is 5.73 Å². The van der Waals surface area contributed by atoms with Crippen molar-refractivity contribution in [2.45, 2.75) is 12.3 Å². The fourth-order valence-electron chi connectivity index (χ4n) is 1.49. The van der Waals surface area contributed by atoms with Crippen LogP contribution in [-0.4, -0.2) is 11.5 Å². The molecule has 64 valence electrons. The summed E-state index contributed by atoms with van der Waals surface area (Å²) in [5, 5.41) is 0. The van der Waals surface area contributed by atoms with Crippen LogP contribution >= 0.6 is 0 Å². The lowest BCUT2D eigenvalue weighted by atomic mass is 10.2. The van der Waals surface area contributed by atoms with Gasteiger partial charge in [-0.15, -0.1) is 0 Å². The summed E-state index contributed by atoms with van der Waals surface area (Å²) >= 11 is 0. The number of halogens is 1. The zero-order valence-corrected chi connectivity index (χ0v) is 6.70. The second kappa shape index (κ2) is 2.83. The minimum absolute atomic E-state index is 0.206. The summed E-state index contributed by atoms with van der Waals surface area (Å²) in [4.78, 5) is 4.10. The molecule has 2 atom stereocenters. The SMILES string of the molecule is NC[C@@H]1C[C@H]1c1cc(F)ccn1. The van der Waals surface area contributed by atoms with Crippen LogP contribution in [0.1, 0.15) is 18.0 Å². The summed E-state index contributed by atoms with van der Waals surface area (Å²) in [6.45, 7) is 0.683. The molecule has 0 aromatic carbocycles. The second-order valence-corrected chi connectivity index (χ2v) is 3.24. The maximum atomic E-state index is 12.7. The van der Waals surface area contributed by atoms with Gasteiger partial charge in [-0.2, -0.15) is 0 Å². The Morgan fingerprint density at radius 1 is 1.67 bits per heavy atom. The van der Waals surface area contributed by atoms with E-state index in [1.54, 1.807) is 0 Å². The highest BCUT2D eigenvalue weighted by Crippen LogP contribution is 2.45. The molecule has 0 saturated heterocycles. The Bertz CT molecular complexity index is 288. The second-order valence-electron chi connectivity index (χ2n) is 3.24. The van der Waals surface area contributed by atoms with Crippen LogP contribution in [0.3, 0.4) is 0 Å². The molecular formula is C9H11FN2. The van der Waals surface area contributed by atoms with Crippen molar-refractivity contribution in [3.05, 3.63) is 29.8 Å². The van der Waals surface area contributed by atoms with E-state index in [1.807, 2.05) is 0 Å². The standard InChI is InChI=1S/C9H11FN2/c10-7-1-2-12-9(4-7)8-3-6(8)5-11/h1-2,4,6,8H,3,5,11H2/t6-,8+/m0/s1. The molecule has 0 bridgehead atoms.